The smallest absolute Gasteiger partial charge is 0.232 e. The van der Waals surface area contributed by atoms with Crippen molar-refractivity contribution >= 4 is 27.8 Å². The van der Waals surface area contributed by atoms with Crippen molar-refractivity contribution in [2.75, 3.05) is 38.2 Å². The van der Waals surface area contributed by atoms with E-state index in [1.807, 2.05) is 4.90 Å². The fourth-order valence-electron chi connectivity index (χ4n) is 2.07. The number of ether oxygens (including phenoxy) is 1. The summed E-state index contributed by atoms with van der Waals surface area (Å²) in [7, 11) is 1.58. The number of aromatic nitrogens is 2. The monoisotopic (exact) mass is 328 g/mol. The number of nitrogens with zero attached hydrogens (tertiary/aromatic N) is 4. The van der Waals surface area contributed by atoms with Crippen molar-refractivity contribution in [3.63, 3.8) is 0 Å². The highest BCUT2D eigenvalue weighted by Crippen LogP contribution is 2.23. The van der Waals surface area contributed by atoms with E-state index in [-0.39, 0.29) is 5.91 Å². The quantitative estimate of drug-likeness (QED) is 0.819. The summed E-state index contributed by atoms with van der Waals surface area (Å²) >= 11 is 3.34. The Labute approximate surface area is 120 Å². The standard InChI is InChI=1S/C12H17BrN4O2/c1-9(18)16-4-3-5-17(7-6-16)12-14-8-10(13)11(15-12)19-2/h8H,3-7H2,1-2H3. The summed E-state index contributed by atoms with van der Waals surface area (Å²) in [6.45, 7) is 4.68. The zero-order valence-electron chi connectivity index (χ0n) is 11.1. The van der Waals surface area contributed by atoms with Crippen LogP contribution in [-0.4, -0.2) is 54.1 Å². The van der Waals surface area contributed by atoms with Gasteiger partial charge < -0.3 is 14.5 Å². The van der Waals surface area contributed by atoms with E-state index in [0.717, 1.165) is 30.5 Å². The maximum atomic E-state index is 11.4. The van der Waals surface area contributed by atoms with Crippen LogP contribution in [0.1, 0.15) is 13.3 Å². The summed E-state index contributed by atoms with van der Waals surface area (Å²) in [6.07, 6.45) is 2.61. The number of amides is 1. The van der Waals surface area contributed by atoms with E-state index in [0.29, 0.717) is 18.4 Å². The molecule has 0 aliphatic carbocycles. The van der Waals surface area contributed by atoms with Crippen LogP contribution in [0.5, 0.6) is 5.88 Å². The summed E-state index contributed by atoms with van der Waals surface area (Å²) in [5.74, 6) is 1.29. The second-order valence-electron chi connectivity index (χ2n) is 4.37. The summed E-state index contributed by atoms with van der Waals surface area (Å²) in [6, 6.07) is 0. The topological polar surface area (TPSA) is 58.6 Å². The van der Waals surface area contributed by atoms with Crippen molar-refractivity contribution in [1.82, 2.24) is 14.9 Å². The first-order chi connectivity index (χ1) is 9.11. The Morgan fingerprint density at radius 3 is 2.84 bits per heavy atom. The molecular formula is C12H17BrN4O2. The predicted molar refractivity (Wildman–Crippen MR) is 75.4 cm³/mol. The molecule has 1 fully saturated rings. The van der Waals surface area contributed by atoms with E-state index in [1.165, 1.54) is 0 Å². The fourth-order valence-corrected chi connectivity index (χ4v) is 2.42. The zero-order valence-corrected chi connectivity index (χ0v) is 12.7. The minimum absolute atomic E-state index is 0.121. The summed E-state index contributed by atoms with van der Waals surface area (Å²) in [5, 5.41) is 0. The molecule has 0 unspecified atom stereocenters. The van der Waals surface area contributed by atoms with Crippen LogP contribution in [-0.2, 0) is 4.79 Å². The Bertz CT molecular complexity index is 469. The van der Waals surface area contributed by atoms with Gasteiger partial charge in [-0.3, -0.25) is 4.79 Å². The molecule has 0 aromatic carbocycles. The molecule has 19 heavy (non-hydrogen) atoms. The van der Waals surface area contributed by atoms with Gasteiger partial charge in [-0.1, -0.05) is 0 Å². The zero-order chi connectivity index (χ0) is 13.8. The van der Waals surface area contributed by atoms with Gasteiger partial charge in [-0.25, -0.2) is 4.98 Å². The van der Waals surface area contributed by atoms with Crippen LogP contribution in [0.25, 0.3) is 0 Å². The van der Waals surface area contributed by atoms with Crippen molar-refractivity contribution in [2.45, 2.75) is 13.3 Å². The molecule has 0 spiro atoms. The van der Waals surface area contributed by atoms with Crippen LogP contribution in [0, 0.1) is 0 Å². The van der Waals surface area contributed by atoms with E-state index >= 15 is 0 Å². The molecule has 1 aliphatic rings. The predicted octanol–water partition coefficient (Wildman–Crippen LogP) is 1.31. The van der Waals surface area contributed by atoms with Crippen LogP contribution in [0.4, 0.5) is 5.95 Å². The van der Waals surface area contributed by atoms with Gasteiger partial charge >= 0.3 is 0 Å². The van der Waals surface area contributed by atoms with Crippen molar-refractivity contribution in [1.29, 1.82) is 0 Å². The highest BCUT2D eigenvalue weighted by Gasteiger charge is 2.19. The normalized spacial score (nSPS) is 16.2. The maximum Gasteiger partial charge on any atom is 0.232 e. The first-order valence-electron chi connectivity index (χ1n) is 6.19. The van der Waals surface area contributed by atoms with Crippen LogP contribution >= 0.6 is 15.9 Å². The van der Waals surface area contributed by atoms with E-state index in [2.05, 4.69) is 30.8 Å². The van der Waals surface area contributed by atoms with E-state index in [4.69, 9.17) is 4.74 Å². The fraction of sp³-hybridized carbons (Fsp3) is 0.583. The van der Waals surface area contributed by atoms with Gasteiger partial charge in [0.1, 0.15) is 0 Å². The number of hydrogen-bond donors (Lipinski definition) is 0. The second-order valence-corrected chi connectivity index (χ2v) is 5.23. The molecule has 2 heterocycles. The number of hydrogen-bond acceptors (Lipinski definition) is 5. The lowest BCUT2D eigenvalue weighted by atomic mass is 10.4. The van der Waals surface area contributed by atoms with Gasteiger partial charge in [-0.2, -0.15) is 4.98 Å². The molecule has 6 nitrogen and oxygen atoms in total. The highest BCUT2D eigenvalue weighted by atomic mass is 79.9. The van der Waals surface area contributed by atoms with Gasteiger partial charge in [-0.15, -0.1) is 0 Å². The van der Waals surface area contributed by atoms with Crippen LogP contribution < -0.4 is 9.64 Å². The lowest BCUT2D eigenvalue weighted by Crippen LogP contribution is -2.34. The molecule has 1 saturated heterocycles. The van der Waals surface area contributed by atoms with Gasteiger partial charge in [0.2, 0.25) is 17.7 Å². The lowest BCUT2D eigenvalue weighted by molar-refractivity contribution is -0.128. The number of methoxy groups -OCH3 is 1. The molecule has 7 heteroatoms. The number of carbonyl (C=O) groups excluding carboxylic acids is 1. The number of halogens is 1. The minimum Gasteiger partial charge on any atom is -0.480 e. The third kappa shape index (κ3) is 3.34. The lowest BCUT2D eigenvalue weighted by Gasteiger charge is -2.21. The average molecular weight is 329 g/mol. The van der Waals surface area contributed by atoms with Crippen molar-refractivity contribution in [3.05, 3.63) is 10.7 Å². The minimum atomic E-state index is 0.121. The molecule has 104 valence electrons. The van der Waals surface area contributed by atoms with Gasteiger partial charge in [0.25, 0.3) is 0 Å². The molecule has 1 aliphatic heterocycles. The summed E-state index contributed by atoms with van der Waals surface area (Å²) in [5.41, 5.74) is 0. The third-order valence-electron chi connectivity index (χ3n) is 3.12. The molecule has 0 bridgehead atoms. The van der Waals surface area contributed by atoms with Crippen LogP contribution in [0.15, 0.2) is 10.7 Å². The molecule has 0 atom stereocenters. The summed E-state index contributed by atoms with van der Waals surface area (Å²) < 4.78 is 5.91. The number of anilines is 1. The molecule has 1 aromatic rings. The van der Waals surface area contributed by atoms with Crippen molar-refractivity contribution in [3.8, 4) is 5.88 Å². The van der Waals surface area contributed by atoms with Gasteiger partial charge in [0, 0.05) is 33.1 Å². The first-order valence-corrected chi connectivity index (χ1v) is 6.98. The molecular weight excluding hydrogens is 312 g/mol. The van der Waals surface area contributed by atoms with Crippen molar-refractivity contribution in [2.24, 2.45) is 0 Å². The number of carbonyl (C=O) groups is 1. The Balaban J connectivity index is 2.12. The van der Waals surface area contributed by atoms with E-state index in [9.17, 15) is 4.79 Å². The number of rotatable bonds is 2. The Kier molecular flexibility index (Phi) is 4.57. The van der Waals surface area contributed by atoms with Crippen molar-refractivity contribution < 1.29 is 9.53 Å². The second kappa shape index (κ2) is 6.18. The van der Waals surface area contributed by atoms with Crippen LogP contribution in [0.3, 0.4) is 0 Å². The first kappa shape index (κ1) is 14.0. The maximum absolute atomic E-state index is 11.4. The molecule has 1 aromatic heterocycles. The summed E-state index contributed by atoms with van der Waals surface area (Å²) in [4.78, 5) is 24.0. The average Bonchev–Trinajstić information content (AvgIpc) is 2.65. The Morgan fingerprint density at radius 2 is 2.16 bits per heavy atom. The molecule has 0 N–H and O–H groups in total. The van der Waals surface area contributed by atoms with Gasteiger partial charge in [-0.05, 0) is 22.4 Å². The Morgan fingerprint density at radius 1 is 1.37 bits per heavy atom. The molecule has 0 saturated carbocycles. The van der Waals surface area contributed by atoms with Gasteiger partial charge in [0.05, 0.1) is 17.8 Å². The van der Waals surface area contributed by atoms with Crippen LogP contribution in [0.2, 0.25) is 0 Å². The van der Waals surface area contributed by atoms with E-state index in [1.54, 1.807) is 20.2 Å². The highest BCUT2D eigenvalue weighted by molar-refractivity contribution is 9.10. The largest absolute Gasteiger partial charge is 0.480 e. The van der Waals surface area contributed by atoms with E-state index < -0.39 is 0 Å². The van der Waals surface area contributed by atoms with Gasteiger partial charge in [0.15, 0.2) is 0 Å². The Hall–Kier alpha value is -1.37. The SMILES string of the molecule is COc1nc(N2CCCN(C(C)=O)CC2)ncc1Br. The third-order valence-corrected chi connectivity index (χ3v) is 3.66. The molecule has 1 amide bonds. The molecule has 2 rings (SSSR count). The molecule has 0 radical (unpaired) electrons.